The van der Waals surface area contributed by atoms with Crippen LogP contribution in [0.3, 0.4) is 0 Å². The van der Waals surface area contributed by atoms with E-state index in [9.17, 15) is 0 Å². The second-order valence-corrected chi connectivity index (χ2v) is 5.79. The van der Waals surface area contributed by atoms with Crippen LogP contribution in [-0.4, -0.2) is 18.6 Å². The first-order valence-electron chi connectivity index (χ1n) is 5.65. The summed E-state index contributed by atoms with van der Waals surface area (Å²) in [5.41, 5.74) is 1.18. The van der Waals surface area contributed by atoms with Crippen LogP contribution in [0.2, 0.25) is 0 Å². The summed E-state index contributed by atoms with van der Waals surface area (Å²) in [6, 6.07) is 8.22. The van der Waals surface area contributed by atoms with Gasteiger partial charge in [0.15, 0.2) is 0 Å². The third kappa shape index (κ3) is 3.37. The van der Waals surface area contributed by atoms with Crippen molar-refractivity contribution in [3.05, 3.63) is 39.8 Å². The van der Waals surface area contributed by atoms with Gasteiger partial charge < -0.3 is 5.32 Å². The second kappa shape index (κ2) is 6.28. The van der Waals surface area contributed by atoms with Crippen LogP contribution in [0.15, 0.2) is 34.9 Å². The van der Waals surface area contributed by atoms with Crippen molar-refractivity contribution in [1.82, 2.24) is 10.3 Å². The Labute approximate surface area is 114 Å². The minimum absolute atomic E-state index is 1.06. The molecule has 0 saturated carbocycles. The zero-order valence-electron chi connectivity index (χ0n) is 9.74. The minimum Gasteiger partial charge on any atom is -0.320 e. The molecule has 0 spiro atoms. The lowest BCUT2D eigenvalue weighted by molar-refractivity contribution is 0.729. The molecule has 1 aromatic heterocycles. The molecule has 0 fully saturated rings. The summed E-state index contributed by atoms with van der Waals surface area (Å²) in [6.07, 6.45) is 4.26. The first-order chi connectivity index (χ1) is 8.31. The number of halogens is 1. The van der Waals surface area contributed by atoms with E-state index < -0.39 is 0 Å². The van der Waals surface area contributed by atoms with Gasteiger partial charge in [-0.05, 0) is 32.5 Å². The predicted octanol–water partition coefficient (Wildman–Crippen LogP) is 3.72. The van der Waals surface area contributed by atoms with Crippen LogP contribution in [0, 0.1) is 0 Å². The fourth-order valence-corrected chi connectivity index (χ4v) is 3.22. The third-order valence-corrected chi connectivity index (χ3v) is 4.29. The van der Waals surface area contributed by atoms with E-state index in [1.165, 1.54) is 10.4 Å². The van der Waals surface area contributed by atoms with Crippen molar-refractivity contribution in [3.63, 3.8) is 0 Å². The number of aromatic nitrogens is 1. The quantitative estimate of drug-likeness (QED) is 0.851. The van der Waals surface area contributed by atoms with Crippen molar-refractivity contribution in [2.45, 2.75) is 12.8 Å². The lowest BCUT2D eigenvalue weighted by Crippen LogP contribution is -2.07. The molecule has 0 aliphatic carbocycles. The molecule has 2 aromatic rings. The second-order valence-electron chi connectivity index (χ2n) is 3.82. The zero-order valence-corrected chi connectivity index (χ0v) is 12.1. The number of benzene rings is 1. The van der Waals surface area contributed by atoms with Crippen LogP contribution in [0.4, 0.5) is 0 Å². The predicted molar refractivity (Wildman–Crippen MR) is 77.5 cm³/mol. The van der Waals surface area contributed by atoms with Crippen molar-refractivity contribution >= 4 is 27.3 Å². The summed E-state index contributed by atoms with van der Waals surface area (Å²) < 4.78 is 1.11. The summed E-state index contributed by atoms with van der Waals surface area (Å²) >= 11 is 5.34. The normalized spacial score (nSPS) is 10.7. The summed E-state index contributed by atoms with van der Waals surface area (Å²) in [5, 5.41) is 4.26. The van der Waals surface area contributed by atoms with Gasteiger partial charge in [-0.15, -0.1) is 11.3 Å². The van der Waals surface area contributed by atoms with Crippen molar-refractivity contribution in [2.24, 2.45) is 0 Å². The molecule has 2 nitrogen and oxygen atoms in total. The minimum atomic E-state index is 1.06. The van der Waals surface area contributed by atoms with Crippen molar-refractivity contribution in [1.29, 1.82) is 0 Å². The van der Waals surface area contributed by atoms with Gasteiger partial charge in [0.2, 0.25) is 0 Å². The molecule has 1 N–H and O–H groups in total. The molecule has 0 saturated heterocycles. The van der Waals surface area contributed by atoms with Gasteiger partial charge in [-0.25, -0.2) is 4.98 Å². The van der Waals surface area contributed by atoms with E-state index in [-0.39, 0.29) is 0 Å². The van der Waals surface area contributed by atoms with Crippen LogP contribution >= 0.6 is 27.3 Å². The molecule has 0 unspecified atom stereocenters. The number of thiazole rings is 1. The van der Waals surface area contributed by atoms with E-state index >= 15 is 0 Å². The molecule has 2 rings (SSSR count). The molecule has 0 atom stereocenters. The van der Waals surface area contributed by atoms with E-state index in [0.29, 0.717) is 0 Å². The van der Waals surface area contributed by atoms with Crippen LogP contribution in [-0.2, 0) is 6.42 Å². The molecule has 17 heavy (non-hydrogen) atoms. The first kappa shape index (κ1) is 12.7. The molecule has 0 radical (unpaired) electrons. The van der Waals surface area contributed by atoms with Crippen molar-refractivity contribution < 1.29 is 0 Å². The largest absolute Gasteiger partial charge is 0.320 e. The molecule has 0 bridgehead atoms. The first-order valence-corrected chi connectivity index (χ1v) is 7.26. The average Bonchev–Trinajstić information content (AvgIpc) is 2.79. The number of hydrogen-bond donors (Lipinski definition) is 1. The number of hydrogen-bond acceptors (Lipinski definition) is 3. The summed E-state index contributed by atoms with van der Waals surface area (Å²) in [7, 11) is 1.99. The molecular weight excluding hydrogens is 296 g/mol. The van der Waals surface area contributed by atoms with Gasteiger partial charge in [0.25, 0.3) is 0 Å². The highest BCUT2D eigenvalue weighted by molar-refractivity contribution is 9.10. The molecule has 90 valence electrons. The van der Waals surface area contributed by atoms with E-state index in [1.54, 1.807) is 11.3 Å². The van der Waals surface area contributed by atoms with Crippen LogP contribution in [0.1, 0.15) is 11.3 Å². The molecular formula is C13H15BrN2S. The summed E-state index contributed by atoms with van der Waals surface area (Å²) in [5.74, 6) is 0. The Morgan fingerprint density at radius 2 is 2.18 bits per heavy atom. The van der Waals surface area contributed by atoms with Crippen molar-refractivity contribution in [2.75, 3.05) is 13.6 Å². The standard InChI is InChI=1S/C13H15BrN2S/c1-15-8-4-5-10-9-16-13(17-10)11-6-2-3-7-12(11)14/h2-3,6-7,9,15H,4-5,8H2,1H3. The number of aryl methyl sites for hydroxylation is 1. The lowest BCUT2D eigenvalue weighted by atomic mass is 10.2. The van der Waals surface area contributed by atoms with Gasteiger partial charge in [0, 0.05) is 21.1 Å². The number of nitrogens with zero attached hydrogens (tertiary/aromatic N) is 1. The highest BCUT2D eigenvalue weighted by atomic mass is 79.9. The van der Waals surface area contributed by atoms with Gasteiger partial charge in [-0.2, -0.15) is 0 Å². The average molecular weight is 311 g/mol. The van der Waals surface area contributed by atoms with Gasteiger partial charge in [-0.3, -0.25) is 0 Å². The molecule has 4 heteroatoms. The maximum Gasteiger partial charge on any atom is 0.124 e. The maximum absolute atomic E-state index is 4.49. The van der Waals surface area contributed by atoms with E-state index in [4.69, 9.17) is 0 Å². The Kier molecular flexibility index (Phi) is 4.71. The topological polar surface area (TPSA) is 24.9 Å². The molecule has 1 heterocycles. The highest BCUT2D eigenvalue weighted by Gasteiger charge is 2.07. The Bertz CT molecular complexity index is 482. The number of rotatable bonds is 5. The molecule has 0 aliphatic heterocycles. The summed E-state index contributed by atoms with van der Waals surface area (Å²) in [4.78, 5) is 5.85. The lowest BCUT2D eigenvalue weighted by Gasteiger charge is -1.99. The van der Waals surface area contributed by atoms with Crippen LogP contribution in [0.5, 0.6) is 0 Å². The van der Waals surface area contributed by atoms with Gasteiger partial charge in [0.1, 0.15) is 5.01 Å². The Balaban J connectivity index is 2.10. The van der Waals surface area contributed by atoms with E-state index in [1.807, 2.05) is 25.4 Å². The van der Waals surface area contributed by atoms with E-state index in [2.05, 4.69) is 38.4 Å². The maximum atomic E-state index is 4.49. The van der Waals surface area contributed by atoms with Gasteiger partial charge in [-0.1, -0.05) is 34.1 Å². The monoisotopic (exact) mass is 310 g/mol. The van der Waals surface area contributed by atoms with Gasteiger partial charge in [0.05, 0.1) is 0 Å². The number of nitrogens with one attached hydrogen (secondary N) is 1. The Morgan fingerprint density at radius 1 is 1.35 bits per heavy atom. The third-order valence-electron chi connectivity index (χ3n) is 2.51. The summed E-state index contributed by atoms with van der Waals surface area (Å²) in [6.45, 7) is 1.06. The van der Waals surface area contributed by atoms with Crippen LogP contribution < -0.4 is 5.32 Å². The fraction of sp³-hybridized carbons (Fsp3) is 0.308. The molecule has 0 aliphatic rings. The van der Waals surface area contributed by atoms with Gasteiger partial charge >= 0.3 is 0 Å². The Morgan fingerprint density at radius 3 is 2.94 bits per heavy atom. The Hall–Kier alpha value is -0.710. The molecule has 0 amide bonds. The highest BCUT2D eigenvalue weighted by Crippen LogP contribution is 2.31. The smallest absolute Gasteiger partial charge is 0.124 e. The zero-order chi connectivity index (χ0) is 12.1. The fourth-order valence-electron chi connectivity index (χ4n) is 1.62. The SMILES string of the molecule is CNCCCc1cnc(-c2ccccc2Br)s1. The van der Waals surface area contributed by atoms with Crippen molar-refractivity contribution in [3.8, 4) is 10.6 Å². The van der Waals surface area contributed by atoms with E-state index in [0.717, 1.165) is 28.9 Å². The molecule has 1 aromatic carbocycles. The van der Waals surface area contributed by atoms with Crippen LogP contribution in [0.25, 0.3) is 10.6 Å².